The van der Waals surface area contributed by atoms with E-state index in [-0.39, 0.29) is 5.91 Å². The first kappa shape index (κ1) is 15.1. The van der Waals surface area contributed by atoms with Gasteiger partial charge >= 0.3 is 0 Å². The summed E-state index contributed by atoms with van der Waals surface area (Å²) < 4.78 is 0.834. The van der Waals surface area contributed by atoms with E-state index in [4.69, 9.17) is 0 Å². The maximum atomic E-state index is 12.1. The molecule has 1 aliphatic rings. The molecule has 1 aliphatic heterocycles. The fraction of sp³-hybridized carbons (Fsp3) is 0.278. The molecule has 0 radical (unpaired) electrons. The Labute approximate surface area is 139 Å². The van der Waals surface area contributed by atoms with Crippen molar-refractivity contribution in [2.24, 2.45) is 0 Å². The van der Waals surface area contributed by atoms with E-state index in [2.05, 4.69) is 50.4 Å². The molecular formula is C18H19BrN2O. The van der Waals surface area contributed by atoms with Crippen molar-refractivity contribution in [2.75, 3.05) is 24.5 Å². The second-order valence-corrected chi connectivity index (χ2v) is 6.31. The number of nitrogens with one attached hydrogen (secondary N) is 1. The second-order valence-electron chi connectivity index (χ2n) is 5.46. The Balaban J connectivity index is 1.47. The molecule has 0 spiro atoms. The summed E-state index contributed by atoms with van der Waals surface area (Å²) in [6, 6.07) is 16.1. The molecule has 4 heteroatoms. The Morgan fingerprint density at radius 3 is 2.77 bits per heavy atom. The van der Waals surface area contributed by atoms with E-state index in [1.807, 2.05) is 24.3 Å². The molecule has 2 aromatic rings. The number of para-hydroxylation sites is 1. The van der Waals surface area contributed by atoms with Crippen molar-refractivity contribution in [3.63, 3.8) is 0 Å². The van der Waals surface area contributed by atoms with Crippen LogP contribution in [0.3, 0.4) is 0 Å². The van der Waals surface area contributed by atoms with Gasteiger partial charge in [-0.25, -0.2) is 0 Å². The van der Waals surface area contributed by atoms with Gasteiger partial charge in [0.25, 0.3) is 5.91 Å². The van der Waals surface area contributed by atoms with E-state index in [0.717, 1.165) is 30.4 Å². The third-order valence-electron chi connectivity index (χ3n) is 3.99. The van der Waals surface area contributed by atoms with Gasteiger partial charge in [0.15, 0.2) is 0 Å². The van der Waals surface area contributed by atoms with Gasteiger partial charge in [0.05, 0.1) is 5.56 Å². The van der Waals surface area contributed by atoms with Crippen LogP contribution in [0, 0.1) is 0 Å². The van der Waals surface area contributed by atoms with E-state index < -0.39 is 0 Å². The lowest BCUT2D eigenvalue weighted by Crippen LogP contribution is -2.29. The molecule has 0 saturated heterocycles. The van der Waals surface area contributed by atoms with Gasteiger partial charge in [-0.2, -0.15) is 0 Å². The molecule has 1 N–H and O–H groups in total. The average Bonchev–Trinajstić information content (AvgIpc) is 2.95. The molecule has 0 fully saturated rings. The first-order valence-corrected chi connectivity index (χ1v) is 8.40. The van der Waals surface area contributed by atoms with Crippen molar-refractivity contribution in [1.29, 1.82) is 0 Å². The number of rotatable bonds is 5. The van der Waals surface area contributed by atoms with Crippen LogP contribution in [0.5, 0.6) is 0 Å². The van der Waals surface area contributed by atoms with Crippen molar-refractivity contribution >= 4 is 27.5 Å². The molecule has 0 atom stereocenters. The summed E-state index contributed by atoms with van der Waals surface area (Å²) in [4.78, 5) is 14.5. The van der Waals surface area contributed by atoms with Crippen LogP contribution in [-0.2, 0) is 6.42 Å². The van der Waals surface area contributed by atoms with E-state index in [1.54, 1.807) is 0 Å². The fourth-order valence-electron chi connectivity index (χ4n) is 2.85. The molecule has 0 aliphatic carbocycles. The summed E-state index contributed by atoms with van der Waals surface area (Å²) in [5, 5.41) is 2.99. The predicted molar refractivity (Wildman–Crippen MR) is 93.5 cm³/mol. The maximum Gasteiger partial charge on any atom is 0.252 e. The molecule has 0 saturated carbocycles. The van der Waals surface area contributed by atoms with Gasteiger partial charge in [-0.3, -0.25) is 4.79 Å². The van der Waals surface area contributed by atoms with Crippen LogP contribution < -0.4 is 10.2 Å². The summed E-state index contributed by atoms with van der Waals surface area (Å²) in [6.45, 7) is 2.75. The third-order valence-corrected chi connectivity index (χ3v) is 4.68. The van der Waals surface area contributed by atoms with Crippen LogP contribution >= 0.6 is 15.9 Å². The summed E-state index contributed by atoms with van der Waals surface area (Å²) in [7, 11) is 0. The Morgan fingerprint density at radius 2 is 1.91 bits per heavy atom. The summed E-state index contributed by atoms with van der Waals surface area (Å²) in [5.74, 6) is -0.0192. The number of benzene rings is 2. The SMILES string of the molecule is O=C(NCCCN1CCc2ccccc21)c1ccccc1Br. The zero-order valence-corrected chi connectivity index (χ0v) is 14.0. The summed E-state index contributed by atoms with van der Waals surface area (Å²) in [5.41, 5.74) is 3.47. The monoisotopic (exact) mass is 358 g/mol. The van der Waals surface area contributed by atoms with E-state index in [0.29, 0.717) is 12.1 Å². The van der Waals surface area contributed by atoms with Crippen LogP contribution in [0.1, 0.15) is 22.3 Å². The lowest BCUT2D eigenvalue weighted by molar-refractivity contribution is 0.0952. The largest absolute Gasteiger partial charge is 0.371 e. The number of carbonyl (C=O) groups excluding carboxylic acids is 1. The van der Waals surface area contributed by atoms with Crippen molar-refractivity contribution in [3.05, 3.63) is 64.1 Å². The molecule has 1 amide bonds. The first-order valence-electron chi connectivity index (χ1n) is 7.61. The number of fused-ring (bicyclic) bond motifs is 1. The van der Waals surface area contributed by atoms with E-state index in [1.165, 1.54) is 11.3 Å². The molecule has 114 valence electrons. The second kappa shape index (κ2) is 6.97. The number of anilines is 1. The highest BCUT2D eigenvalue weighted by molar-refractivity contribution is 9.10. The highest BCUT2D eigenvalue weighted by atomic mass is 79.9. The number of hydrogen-bond acceptors (Lipinski definition) is 2. The lowest BCUT2D eigenvalue weighted by Gasteiger charge is -2.19. The molecule has 0 aromatic heterocycles. The summed E-state index contributed by atoms with van der Waals surface area (Å²) >= 11 is 3.41. The highest BCUT2D eigenvalue weighted by Crippen LogP contribution is 2.27. The van der Waals surface area contributed by atoms with Gasteiger partial charge in [-0.1, -0.05) is 30.3 Å². The minimum atomic E-state index is -0.0192. The van der Waals surface area contributed by atoms with Gasteiger partial charge in [0.1, 0.15) is 0 Å². The topological polar surface area (TPSA) is 32.3 Å². The van der Waals surface area contributed by atoms with Crippen molar-refractivity contribution in [1.82, 2.24) is 5.32 Å². The smallest absolute Gasteiger partial charge is 0.252 e. The molecule has 1 heterocycles. The quantitative estimate of drug-likeness (QED) is 0.827. The van der Waals surface area contributed by atoms with Crippen LogP contribution in [0.2, 0.25) is 0 Å². The van der Waals surface area contributed by atoms with E-state index >= 15 is 0 Å². The van der Waals surface area contributed by atoms with Crippen molar-refractivity contribution in [3.8, 4) is 0 Å². The Morgan fingerprint density at radius 1 is 1.14 bits per heavy atom. The summed E-state index contributed by atoms with van der Waals surface area (Å²) in [6.07, 6.45) is 2.07. The molecule has 22 heavy (non-hydrogen) atoms. The van der Waals surface area contributed by atoms with Crippen molar-refractivity contribution < 1.29 is 4.79 Å². The zero-order valence-electron chi connectivity index (χ0n) is 12.4. The maximum absolute atomic E-state index is 12.1. The molecule has 2 aromatic carbocycles. The number of halogens is 1. The van der Waals surface area contributed by atoms with Gasteiger partial charge in [0.2, 0.25) is 0 Å². The standard InChI is InChI=1S/C18H19BrN2O/c19-16-8-3-2-7-15(16)18(22)20-11-5-12-21-13-10-14-6-1-4-9-17(14)21/h1-4,6-9H,5,10-13H2,(H,20,22). The average molecular weight is 359 g/mol. The number of amides is 1. The van der Waals surface area contributed by atoms with E-state index in [9.17, 15) is 4.79 Å². The highest BCUT2D eigenvalue weighted by Gasteiger charge is 2.17. The van der Waals surface area contributed by atoms with Gasteiger partial charge in [-0.15, -0.1) is 0 Å². The van der Waals surface area contributed by atoms with Gasteiger partial charge in [-0.05, 0) is 52.5 Å². The third kappa shape index (κ3) is 3.33. The molecule has 0 bridgehead atoms. The minimum Gasteiger partial charge on any atom is -0.371 e. The normalized spacial score (nSPS) is 13.0. The number of hydrogen-bond donors (Lipinski definition) is 1. The number of nitrogens with zero attached hydrogens (tertiary/aromatic N) is 1. The van der Waals surface area contributed by atoms with Crippen molar-refractivity contribution in [2.45, 2.75) is 12.8 Å². The Kier molecular flexibility index (Phi) is 4.78. The van der Waals surface area contributed by atoms with Crippen LogP contribution in [0.15, 0.2) is 53.0 Å². The number of carbonyl (C=O) groups is 1. The molecule has 0 unspecified atom stereocenters. The molecular weight excluding hydrogens is 340 g/mol. The zero-order chi connectivity index (χ0) is 15.4. The van der Waals surface area contributed by atoms with Crippen LogP contribution in [0.4, 0.5) is 5.69 Å². The van der Waals surface area contributed by atoms with Gasteiger partial charge in [0, 0.05) is 29.8 Å². The lowest BCUT2D eigenvalue weighted by atomic mass is 10.2. The first-order chi connectivity index (χ1) is 10.8. The van der Waals surface area contributed by atoms with Crippen LogP contribution in [-0.4, -0.2) is 25.5 Å². The molecule has 3 nitrogen and oxygen atoms in total. The molecule has 3 rings (SSSR count). The van der Waals surface area contributed by atoms with Crippen LogP contribution in [0.25, 0.3) is 0 Å². The Hall–Kier alpha value is -1.81. The fourth-order valence-corrected chi connectivity index (χ4v) is 3.32. The predicted octanol–water partition coefficient (Wildman–Crippen LogP) is 3.63. The van der Waals surface area contributed by atoms with Gasteiger partial charge < -0.3 is 10.2 Å². The minimum absolute atomic E-state index is 0.0192. The Bertz CT molecular complexity index is 672.